The number of nitrogens with zero attached hydrogens (tertiary/aromatic N) is 4. The first-order valence-corrected chi connectivity index (χ1v) is 12.9. The molecule has 2 aliphatic rings. The van der Waals surface area contributed by atoms with Gasteiger partial charge in [0.25, 0.3) is 5.91 Å². The van der Waals surface area contributed by atoms with Gasteiger partial charge < -0.3 is 9.64 Å². The molecule has 4 aromatic rings. The van der Waals surface area contributed by atoms with Crippen LogP contribution in [0.1, 0.15) is 38.2 Å². The Morgan fingerprint density at radius 2 is 1.58 bits per heavy atom. The number of amides is 1. The fourth-order valence-electron chi connectivity index (χ4n) is 4.12. The van der Waals surface area contributed by atoms with Crippen LogP contribution in [0, 0.1) is 13.8 Å². The number of hydrogen-bond donors (Lipinski definition) is 0. The summed E-state index contributed by atoms with van der Waals surface area (Å²) >= 11 is 7.00. The molecular formula is C28H22Br2N4O2. The highest BCUT2D eigenvalue weighted by Crippen LogP contribution is 2.33. The van der Waals surface area contributed by atoms with E-state index in [9.17, 15) is 4.79 Å². The van der Waals surface area contributed by atoms with Gasteiger partial charge in [-0.15, -0.1) is 0 Å². The van der Waals surface area contributed by atoms with Crippen LogP contribution in [0.15, 0.2) is 87.3 Å². The van der Waals surface area contributed by atoms with Crippen LogP contribution in [0.25, 0.3) is 0 Å². The summed E-state index contributed by atoms with van der Waals surface area (Å²) in [7, 11) is 0. The van der Waals surface area contributed by atoms with Gasteiger partial charge >= 0.3 is 0 Å². The fourth-order valence-corrected chi connectivity index (χ4v) is 4.83. The molecule has 0 saturated heterocycles. The van der Waals surface area contributed by atoms with Crippen LogP contribution >= 0.6 is 31.9 Å². The van der Waals surface area contributed by atoms with E-state index >= 15 is 0 Å². The van der Waals surface area contributed by atoms with Crippen LogP contribution in [0.5, 0.6) is 0 Å². The smallest absolute Gasteiger partial charge is 0.260 e. The zero-order valence-corrected chi connectivity index (χ0v) is 22.9. The van der Waals surface area contributed by atoms with Crippen molar-refractivity contribution in [1.29, 1.82) is 0 Å². The largest absolute Gasteiger partial charge is 0.472 e. The molecular weight excluding hydrogens is 584 g/mol. The molecule has 2 aromatic heterocycles. The maximum absolute atomic E-state index is 12.3. The Kier molecular flexibility index (Phi) is 6.98. The molecule has 4 heterocycles. The summed E-state index contributed by atoms with van der Waals surface area (Å²) in [5.41, 5.74) is 7.91. The van der Waals surface area contributed by atoms with E-state index in [2.05, 4.69) is 46.8 Å². The number of carbonyl (C=O) groups excluding carboxylic acids is 1. The maximum Gasteiger partial charge on any atom is 0.260 e. The average molecular weight is 606 g/mol. The Morgan fingerprint density at radius 1 is 0.861 bits per heavy atom. The van der Waals surface area contributed by atoms with Crippen LogP contribution < -0.4 is 4.90 Å². The minimum absolute atomic E-state index is 0.0271. The second kappa shape index (κ2) is 10.3. The quantitative estimate of drug-likeness (QED) is 0.245. The molecule has 0 aliphatic carbocycles. The number of pyridine rings is 2. The molecule has 0 unspecified atom stereocenters. The Balaban J connectivity index is 0.000000148. The first-order valence-electron chi connectivity index (χ1n) is 11.3. The van der Waals surface area contributed by atoms with Gasteiger partial charge in [0.15, 0.2) is 0 Å². The van der Waals surface area contributed by atoms with Crippen molar-refractivity contribution >= 4 is 55.0 Å². The lowest BCUT2D eigenvalue weighted by Gasteiger charge is -2.18. The van der Waals surface area contributed by atoms with Crippen LogP contribution in [-0.2, 0) is 17.9 Å². The average Bonchev–Trinajstić information content (AvgIpc) is 3.45. The van der Waals surface area contributed by atoms with Crippen molar-refractivity contribution in [2.75, 3.05) is 4.90 Å². The summed E-state index contributed by atoms with van der Waals surface area (Å²) in [6, 6.07) is 15.7. The van der Waals surface area contributed by atoms with Crippen molar-refractivity contribution in [2.45, 2.75) is 27.0 Å². The number of aliphatic imine (C=N–C) groups is 1. The van der Waals surface area contributed by atoms with Gasteiger partial charge in [-0.3, -0.25) is 14.8 Å². The molecule has 0 saturated carbocycles. The van der Waals surface area contributed by atoms with E-state index in [0.29, 0.717) is 24.6 Å². The fraction of sp³-hybridized carbons (Fsp3) is 0.143. The molecule has 180 valence electrons. The zero-order valence-electron chi connectivity index (χ0n) is 19.7. The first-order chi connectivity index (χ1) is 17.4. The van der Waals surface area contributed by atoms with Gasteiger partial charge in [-0.2, -0.15) is 0 Å². The Labute approximate surface area is 226 Å². The molecule has 6 rings (SSSR count). The topological polar surface area (TPSA) is 67.7 Å². The first kappa shape index (κ1) is 24.3. The molecule has 0 atom stereocenters. The van der Waals surface area contributed by atoms with Gasteiger partial charge in [0, 0.05) is 50.5 Å². The Hall–Kier alpha value is -3.36. The molecule has 6 nitrogen and oxygen atoms in total. The number of benzene rings is 2. The van der Waals surface area contributed by atoms with Crippen molar-refractivity contribution in [3.05, 3.63) is 116 Å². The summed E-state index contributed by atoms with van der Waals surface area (Å²) < 4.78 is 7.69. The highest BCUT2D eigenvalue weighted by molar-refractivity contribution is 9.10. The zero-order chi connectivity index (χ0) is 25.2. The molecule has 2 aliphatic heterocycles. The summed E-state index contributed by atoms with van der Waals surface area (Å²) in [6.07, 6.45) is 6.96. The summed E-state index contributed by atoms with van der Waals surface area (Å²) in [6.45, 7) is 5.21. The van der Waals surface area contributed by atoms with Crippen LogP contribution in [0.2, 0.25) is 0 Å². The maximum atomic E-state index is 12.3. The van der Waals surface area contributed by atoms with E-state index < -0.39 is 0 Å². The monoisotopic (exact) mass is 604 g/mol. The van der Waals surface area contributed by atoms with Crippen molar-refractivity contribution in [2.24, 2.45) is 4.99 Å². The lowest BCUT2D eigenvalue weighted by Crippen LogP contribution is -2.23. The van der Waals surface area contributed by atoms with Crippen LogP contribution in [0.3, 0.4) is 0 Å². The van der Waals surface area contributed by atoms with E-state index in [1.165, 1.54) is 0 Å². The number of ether oxygens (including phenoxy) is 1. The summed E-state index contributed by atoms with van der Waals surface area (Å²) in [5, 5.41) is 0. The van der Waals surface area contributed by atoms with Crippen LogP contribution in [-0.4, -0.2) is 21.8 Å². The predicted octanol–water partition coefficient (Wildman–Crippen LogP) is 7.07. The highest BCUT2D eigenvalue weighted by Gasteiger charge is 2.29. The molecule has 0 spiro atoms. The Bertz CT molecular complexity index is 1500. The number of rotatable bonds is 2. The van der Waals surface area contributed by atoms with Crippen molar-refractivity contribution < 1.29 is 9.53 Å². The number of anilines is 1. The van der Waals surface area contributed by atoms with Crippen molar-refractivity contribution in [1.82, 2.24) is 9.97 Å². The number of fused-ring (bicyclic) bond motifs is 2. The normalized spacial score (nSPS) is 14.7. The predicted molar refractivity (Wildman–Crippen MR) is 148 cm³/mol. The molecule has 2 aromatic carbocycles. The minimum atomic E-state index is 0.0271. The number of halogens is 2. The van der Waals surface area contributed by atoms with E-state index in [1.807, 2.05) is 68.6 Å². The van der Waals surface area contributed by atoms with E-state index in [1.54, 1.807) is 23.5 Å². The third kappa shape index (κ3) is 4.70. The molecule has 1 amide bonds. The summed E-state index contributed by atoms with van der Waals surface area (Å²) in [5.74, 6) is 0.702. The molecule has 0 radical (unpaired) electrons. The summed E-state index contributed by atoms with van der Waals surface area (Å²) in [4.78, 5) is 26.8. The van der Waals surface area contributed by atoms with E-state index in [4.69, 9.17) is 4.74 Å². The van der Waals surface area contributed by atoms with Gasteiger partial charge in [0.05, 0.1) is 17.8 Å². The number of carbonyl (C=O) groups is 1. The number of hydrogen-bond acceptors (Lipinski definition) is 5. The van der Waals surface area contributed by atoms with E-state index in [-0.39, 0.29) is 5.91 Å². The SMILES string of the molecule is Cc1c(Br)cccc1N1Cc2ccncc2C1=O.Cc1c(Br)cccc1N=C1OCc2cnccc21. The molecule has 0 fully saturated rings. The molecule has 36 heavy (non-hydrogen) atoms. The van der Waals surface area contributed by atoms with Gasteiger partial charge in [0.1, 0.15) is 6.61 Å². The number of aromatic nitrogens is 2. The third-order valence-corrected chi connectivity index (χ3v) is 7.92. The third-order valence-electron chi connectivity index (χ3n) is 6.20. The lowest BCUT2D eigenvalue weighted by atomic mass is 10.2. The van der Waals surface area contributed by atoms with Gasteiger partial charge in [0.2, 0.25) is 5.90 Å². The standard InChI is InChI=1S/2C14H11BrN2O/c1-9-12(15)3-2-4-13(9)17-14-11-5-6-16-7-10(11)8-18-14;1-9-12(15)3-2-4-13(9)17-8-10-5-6-16-7-11(10)14(17)18/h2*2-7H,8H2,1H3. The van der Waals surface area contributed by atoms with Gasteiger partial charge in [-0.25, -0.2) is 4.99 Å². The van der Waals surface area contributed by atoms with Gasteiger partial charge in [-0.05, 0) is 66.9 Å². The van der Waals surface area contributed by atoms with Gasteiger partial charge in [-0.1, -0.05) is 44.0 Å². The van der Waals surface area contributed by atoms with Crippen molar-refractivity contribution in [3.8, 4) is 0 Å². The Morgan fingerprint density at radius 3 is 2.39 bits per heavy atom. The van der Waals surface area contributed by atoms with Crippen molar-refractivity contribution in [3.63, 3.8) is 0 Å². The second-order valence-electron chi connectivity index (χ2n) is 8.43. The second-order valence-corrected chi connectivity index (χ2v) is 10.1. The van der Waals surface area contributed by atoms with Crippen LogP contribution in [0.4, 0.5) is 11.4 Å². The molecule has 0 N–H and O–H groups in total. The molecule has 0 bridgehead atoms. The molecule has 8 heteroatoms. The van der Waals surface area contributed by atoms with E-state index in [0.717, 1.165) is 48.1 Å². The highest BCUT2D eigenvalue weighted by atomic mass is 79.9. The minimum Gasteiger partial charge on any atom is -0.472 e. The lowest BCUT2D eigenvalue weighted by molar-refractivity contribution is 0.0996.